The highest BCUT2D eigenvalue weighted by molar-refractivity contribution is 7.92. The van der Waals surface area contributed by atoms with Crippen LogP contribution in [-0.4, -0.2) is 8.42 Å². The van der Waals surface area contributed by atoms with Crippen LogP contribution in [0.2, 0.25) is 0 Å². The van der Waals surface area contributed by atoms with Crippen LogP contribution in [0.4, 0.5) is 5.69 Å². The zero-order chi connectivity index (χ0) is 11.3. The average molecular weight is 231 g/mol. The molecule has 2 aromatic carbocycles. The largest absolute Gasteiger partial charge is 0.398 e. The van der Waals surface area contributed by atoms with Gasteiger partial charge >= 0.3 is 0 Å². The molecule has 0 saturated heterocycles. The summed E-state index contributed by atoms with van der Waals surface area (Å²) in [6.07, 6.45) is 0. The van der Waals surface area contributed by atoms with Gasteiger partial charge in [-0.15, -0.1) is 0 Å². The minimum atomic E-state index is -3.37. The zero-order valence-electron chi connectivity index (χ0n) is 8.34. The number of fused-ring (bicyclic) bond motifs is 3. The summed E-state index contributed by atoms with van der Waals surface area (Å²) in [6, 6.07) is 11.9. The summed E-state index contributed by atoms with van der Waals surface area (Å²) in [7, 11) is -3.37. The minimum absolute atomic E-state index is 0.314. The fraction of sp³-hybridized carbons (Fsp3) is 0. The van der Waals surface area contributed by atoms with E-state index in [0.29, 0.717) is 26.6 Å². The molecule has 0 aromatic heterocycles. The van der Waals surface area contributed by atoms with Crippen LogP contribution in [0, 0.1) is 0 Å². The molecule has 0 atom stereocenters. The third-order valence-corrected chi connectivity index (χ3v) is 4.65. The van der Waals surface area contributed by atoms with Crippen molar-refractivity contribution < 1.29 is 8.42 Å². The SMILES string of the molecule is Nc1cccc2c1-c1ccccc1S2(=O)=O. The molecule has 0 aliphatic carbocycles. The van der Waals surface area contributed by atoms with Crippen molar-refractivity contribution in [2.75, 3.05) is 5.73 Å². The van der Waals surface area contributed by atoms with Crippen molar-refractivity contribution in [1.29, 1.82) is 0 Å². The second-order valence-corrected chi connectivity index (χ2v) is 5.61. The molecule has 4 heteroatoms. The van der Waals surface area contributed by atoms with Crippen LogP contribution in [0.5, 0.6) is 0 Å². The molecule has 3 rings (SSSR count). The van der Waals surface area contributed by atoms with E-state index in [0.717, 1.165) is 0 Å². The van der Waals surface area contributed by atoms with Gasteiger partial charge in [-0.25, -0.2) is 8.42 Å². The van der Waals surface area contributed by atoms with Crippen LogP contribution in [-0.2, 0) is 9.84 Å². The standard InChI is InChI=1S/C12H9NO2S/c13-9-5-3-7-11-12(9)8-4-1-2-6-10(8)16(11,14)15/h1-7H,13H2. The molecule has 0 unspecified atom stereocenters. The first kappa shape index (κ1) is 9.42. The van der Waals surface area contributed by atoms with E-state index < -0.39 is 9.84 Å². The molecule has 0 radical (unpaired) electrons. The fourth-order valence-corrected chi connectivity index (χ4v) is 3.79. The summed E-state index contributed by atoms with van der Waals surface area (Å²) in [5.41, 5.74) is 7.69. The molecular formula is C12H9NO2S. The first-order valence-electron chi connectivity index (χ1n) is 4.85. The van der Waals surface area contributed by atoms with Gasteiger partial charge in [0.2, 0.25) is 9.84 Å². The van der Waals surface area contributed by atoms with Gasteiger partial charge in [0.25, 0.3) is 0 Å². The molecule has 1 aliphatic heterocycles. The molecule has 0 fully saturated rings. The first-order valence-corrected chi connectivity index (χ1v) is 6.33. The molecule has 3 nitrogen and oxygen atoms in total. The van der Waals surface area contributed by atoms with E-state index in [1.807, 2.05) is 6.07 Å². The summed E-state index contributed by atoms with van der Waals surface area (Å²) in [6.45, 7) is 0. The molecular weight excluding hydrogens is 222 g/mol. The Morgan fingerprint density at radius 1 is 0.875 bits per heavy atom. The predicted octanol–water partition coefficient (Wildman–Crippen LogP) is 2.08. The smallest absolute Gasteiger partial charge is 0.207 e. The Morgan fingerprint density at radius 2 is 1.56 bits per heavy atom. The van der Waals surface area contributed by atoms with Crippen molar-refractivity contribution in [3.05, 3.63) is 42.5 Å². The van der Waals surface area contributed by atoms with Gasteiger partial charge in [0.15, 0.2) is 0 Å². The van der Waals surface area contributed by atoms with Crippen LogP contribution in [0.25, 0.3) is 11.1 Å². The maximum atomic E-state index is 12.2. The van der Waals surface area contributed by atoms with Crippen LogP contribution < -0.4 is 5.73 Å². The molecule has 1 heterocycles. The quantitative estimate of drug-likeness (QED) is 0.602. The highest BCUT2D eigenvalue weighted by Crippen LogP contribution is 2.45. The summed E-state index contributed by atoms with van der Waals surface area (Å²) in [5, 5.41) is 0. The van der Waals surface area contributed by atoms with Crippen molar-refractivity contribution in [2.45, 2.75) is 9.79 Å². The van der Waals surface area contributed by atoms with Crippen molar-refractivity contribution >= 4 is 15.5 Å². The second kappa shape index (κ2) is 2.86. The van der Waals surface area contributed by atoms with Crippen LogP contribution in [0.1, 0.15) is 0 Å². The highest BCUT2D eigenvalue weighted by atomic mass is 32.2. The molecule has 2 N–H and O–H groups in total. The Morgan fingerprint density at radius 3 is 2.38 bits per heavy atom. The summed E-state index contributed by atoms with van der Waals surface area (Å²) < 4.78 is 24.3. The van der Waals surface area contributed by atoms with E-state index >= 15 is 0 Å². The molecule has 16 heavy (non-hydrogen) atoms. The second-order valence-electron chi connectivity index (χ2n) is 3.72. The van der Waals surface area contributed by atoms with E-state index in [1.165, 1.54) is 0 Å². The molecule has 0 saturated carbocycles. The van der Waals surface area contributed by atoms with Crippen LogP contribution in [0.15, 0.2) is 52.3 Å². The summed E-state index contributed by atoms with van der Waals surface area (Å²) >= 11 is 0. The zero-order valence-corrected chi connectivity index (χ0v) is 9.16. The van der Waals surface area contributed by atoms with Crippen LogP contribution >= 0.6 is 0 Å². The third-order valence-electron chi connectivity index (χ3n) is 2.79. The Kier molecular flexibility index (Phi) is 1.68. The van der Waals surface area contributed by atoms with Gasteiger partial charge in [0.1, 0.15) is 0 Å². The third kappa shape index (κ3) is 0.994. The number of anilines is 1. The Labute approximate surface area is 93.4 Å². The van der Waals surface area contributed by atoms with Gasteiger partial charge in [-0.05, 0) is 18.2 Å². The van der Waals surface area contributed by atoms with Gasteiger partial charge in [0, 0.05) is 16.8 Å². The van der Waals surface area contributed by atoms with Crippen molar-refractivity contribution in [1.82, 2.24) is 0 Å². The molecule has 0 spiro atoms. The van der Waals surface area contributed by atoms with Crippen molar-refractivity contribution in [3.63, 3.8) is 0 Å². The first-order chi connectivity index (χ1) is 7.62. The van der Waals surface area contributed by atoms with Gasteiger partial charge < -0.3 is 5.73 Å². The van der Waals surface area contributed by atoms with E-state index in [-0.39, 0.29) is 0 Å². The lowest BCUT2D eigenvalue weighted by molar-refractivity contribution is 0.598. The fourth-order valence-electron chi connectivity index (χ4n) is 2.09. The number of benzene rings is 2. The van der Waals surface area contributed by atoms with E-state index in [1.54, 1.807) is 36.4 Å². The van der Waals surface area contributed by atoms with Gasteiger partial charge in [-0.2, -0.15) is 0 Å². The lowest BCUT2D eigenvalue weighted by atomic mass is 10.0. The average Bonchev–Trinajstić information content (AvgIpc) is 2.51. The highest BCUT2D eigenvalue weighted by Gasteiger charge is 2.33. The molecule has 0 bridgehead atoms. The number of nitrogen functional groups attached to an aromatic ring is 1. The Balaban J connectivity index is 2.56. The minimum Gasteiger partial charge on any atom is -0.398 e. The van der Waals surface area contributed by atoms with Gasteiger partial charge in [0.05, 0.1) is 9.79 Å². The number of rotatable bonds is 0. The van der Waals surface area contributed by atoms with Crippen molar-refractivity contribution in [2.24, 2.45) is 0 Å². The lowest BCUT2D eigenvalue weighted by Gasteiger charge is -2.01. The molecule has 2 aromatic rings. The predicted molar refractivity (Wildman–Crippen MR) is 61.7 cm³/mol. The Hall–Kier alpha value is -1.81. The van der Waals surface area contributed by atoms with E-state index in [2.05, 4.69) is 0 Å². The topological polar surface area (TPSA) is 60.2 Å². The van der Waals surface area contributed by atoms with Crippen LogP contribution in [0.3, 0.4) is 0 Å². The lowest BCUT2D eigenvalue weighted by Crippen LogP contribution is -1.96. The summed E-state index contributed by atoms with van der Waals surface area (Å²) in [5.74, 6) is 0. The summed E-state index contributed by atoms with van der Waals surface area (Å²) in [4.78, 5) is 0.664. The normalized spacial score (nSPS) is 15.5. The molecule has 0 amide bonds. The number of hydrogen-bond acceptors (Lipinski definition) is 3. The van der Waals surface area contributed by atoms with Crippen molar-refractivity contribution in [3.8, 4) is 11.1 Å². The van der Waals surface area contributed by atoms with Gasteiger partial charge in [-0.1, -0.05) is 24.3 Å². The van der Waals surface area contributed by atoms with E-state index in [9.17, 15) is 8.42 Å². The maximum absolute atomic E-state index is 12.2. The molecule has 80 valence electrons. The number of sulfone groups is 1. The van der Waals surface area contributed by atoms with Gasteiger partial charge in [-0.3, -0.25) is 0 Å². The monoisotopic (exact) mass is 231 g/mol. The number of hydrogen-bond donors (Lipinski definition) is 1. The van der Waals surface area contributed by atoms with E-state index in [4.69, 9.17) is 5.73 Å². The Bertz CT molecular complexity index is 690. The molecule has 1 aliphatic rings. The number of nitrogens with two attached hydrogens (primary N) is 1. The maximum Gasteiger partial charge on any atom is 0.207 e.